The first-order chi connectivity index (χ1) is 14.8. The minimum Gasteiger partial charge on any atom is -0.457 e. The van der Waals surface area contributed by atoms with Crippen molar-refractivity contribution < 1.29 is 17.9 Å². The van der Waals surface area contributed by atoms with Crippen molar-refractivity contribution in [3.05, 3.63) is 66.2 Å². The number of benzene rings is 2. The first-order valence-electron chi connectivity index (χ1n) is 10.6. The molecule has 0 radical (unpaired) electrons. The number of rotatable bonds is 9. The van der Waals surface area contributed by atoms with Crippen LogP contribution in [0.4, 0.5) is 5.69 Å². The van der Waals surface area contributed by atoms with Gasteiger partial charge in [0.2, 0.25) is 15.9 Å². The predicted octanol–water partition coefficient (Wildman–Crippen LogP) is 4.64. The molecule has 0 heterocycles. The number of ether oxygens (including phenoxy) is 1. The van der Waals surface area contributed by atoms with Gasteiger partial charge in [0.05, 0.1) is 11.9 Å². The van der Waals surface area contributed by atoms with E-state index in [1.54, 1.807) is 31.2 Å². The maximum Gasteiger partial charge on any atom is 0.243 e. The molecule has 0 saturated carbocycles. The van der Waals surface area contributed by atoms with Gasteiger partial charge < -0.3 is 10.1 Å². The monoisotopic (exact) mass is 442 g/mol. The number of carbonyl (C=O) groups is 1. The number of para-hydroxylation sites is 1. The molecule has 1 atom stereocenters. The zero-order valence-electron chi connectivity index (χ0n) is 18.1. The maximum atomic E-state index is 12.7. The van der Waals surface area contributed by atoms with Crippen LogP contribution in [0.3, 0.4) is 0 Å². The van der Waals surface area contributed by atoms with Crippen LogP contribution in [0.15, 0.2) is 66.2 Å². The van der Waals surface area contributed by atoms with Gasteiger partial charge in [-0.25, -0.2) is 8.42 Å². The van der Waals surface area contributed by atoms with Crippen molar-refractivity contribution >= 4 is 21.6 Å². The third-order valence-corrected chi connectivity index (χ3v) is 6.53. The second-order valence-electron chi connectivity index (χ2n) is 7.79. The van der Waals surface area contributed by atoms with Crippen molar-refractivity contribution in [3.8, 4) is 11.5 Å². The second-order valence-corrected chi connectivity index (χ2v) is 9.65. The summed E-state index contributed by atoms with van der Waals surface area (Å²) in [4.78, 5) is 12.7. The van der Waals surface area contributed by atoms with Crippen molar-refractivity contribution in [2.24, 2.45) is 0 Å². The summed E-state index contributed by atoms with van der Waals surface area (Å²) in [6, 6.07) is 15.2. The van der Waals surface area contributed by atoms with Gasteiger partial charge in [0.15, 0.2) is 0 Å². The molecule has 7 heteroatoms. The molecular formula is C24H30N2O4S. The molecule has 2 aromatic carbocycles. The number of nitrogens with zero attached hydrogens (tertiary/aromatic N) is 1. The van der Waals surface area contributed by atoms with Crippen LogP contribution in [0.25, 0.3) is 0 Å². The Labute approximate surface area is 185 Å². The van der Waals surface area contributed by atoms with Gasteiger partial charge in [-0.3, -0.25) is 9.10 Å². The predicted molar refractivity (Wildman–Crippen MR) is 124 cm³/mol. The average molecular weight is 443 g/mol. The summed E-state index contributed by atoms with van der Waals surface area (Å²) in [5.74, 6) is 0.962. The highest BCUT2D eigenvalue weighted by Crippen LogP contribution is 2.27. The molecular weight excluding hydrogens is 412 g/mol. The largest absolute Gasteiger partial charge is 0.457 e. The Bertz CT molecular complexity index is 1000. The first kappa shape index (κ1) is 22.9. The molecule has 1 aliphatic rings. The van der Waals surface area contributed by atoms with Gasteiger partial charge in [0.25, 0.3) is 0 Å². The fourth-order valence-corrected chi connectivity index (χ4v) is 4.90. The normalized spacial score (nSPS) is 15.0. The molecule has 3 rings (SSSR count). The van der Waals surface area contributed by atoms with Crippen molar-refractivity contribution in [3.63, 3.8) is 0 Å². The van der Waals surface area contributed by atoms with E-state index in [0.29, 0.717) is 23.7 Å². The van der Waals surface area contributed by atoms with Crippen molar-refractivity contribution in [2.75, 3.05) is 17.1 Å². The quantitative estimate of drug-likeness (QED) is 0.574. The Hall–Kier alpha value is -2.80. The van der Waals surface area contributed by atoms with E-state index in [-0.39, 0.29) is 5.91 Å². The second kappa shape index (κ2) is 10.5. The molecule has 0 bridgehead atoms. The van der Waals surface area contributed by atoms with E-state index < -0.39 is 16.1 Å². The van der Waals surface area contributed by atoms with Gasteiger partial charge in [-0.15, -0.1) is 0 Å². The molecule has 0 saturated heterocycles. The fourth-order valence-electron chi connectivity index (χ4n) is 3.72. The molecule has 0 spiro atoms. The van der Waals surface area contributed by atoms with Crippen LogP contribution in [0.5, 0.6) is 11.5 Å². The lowest BCUT2D eigenvalue weighted by Crippen LogP contribution is -2.48. The number of amides is 1. The number of sulfonamides is 1. The molecule has 0 fully saturated rings. The number of nitrogens with one attached hydrogen (secondary N) is 1. The number of hydrogen-bond acceptors (Lipinski definition) is 4. The third kappa shape index (κ3) is 6.59. The van der Waals surface area contributed by atoms with Crippen LogP contribution in [0.2, 0.25) is 0 Å². The molecule has 166 valence electrons. The topological polar surface area (TPSA) is 75.7 Å². The molecule has 2 aromatic rings. The molecule has 1 amide bonds. The van der Waals surface area contributed by atoms with Gasteiger partial charge >= 0.3 is 0 Å². The van der Waals surface area contributed by atoms with E-state index in [4.69, 9.17) is 4.74 Å². The van der Waals surface area contributed by atoms with Gasteiger partial charge in [-0.1, -0.05) is 29.8 Å². The lowest BCUT2D eigenvalue weighted by Gasteiger charge is -2.28. The van der Waals surface area contributed by atoms with Crippen LogP contribution in [-0.4, -0.2) is 33.2 Å². The van der Waals surface area contributed by atoms with Crippen LogP contribution in [0.1, 0.15) is 39.0 Å². The van der Waals surface area contributed by atoms with Crippen LogP contribution in [-0.2, 0) is 14.8 Å². The van der Waals surface area contributed by atoms with Gasteiger partial charge in [0, 0.05) is 6.54 Å². The SMILES string of the molecule is C[C@H](C(=O)NCCC1=CCCCC1)N(c1ccc(Oc2ccccc2)cc1)S(C)(=O)=O. The molecule has 0 unspecified atom stereocenters. The minimum absolute atomic E-state index is 0.313. The average Bonchev–Trinajstić information content (AvgIpc) is 2.75. The minimum atomic E-state index is -3.66. The van der Waals surface area contributed by atoms with E-state index >= 15 is 0 Å². The Morgan fingerprint density at radius 3 is 2.35 bits per heavy atom. The van der Waals surface area contributed by atoms with Gasteiger partial charge in [-0.05, 0) is 75.4 Å². The third-order valence-electron chi connectivity index (χ3n) is 5.29. The van der Waals surface area contributed by atoms with Crippen LogP contribution >= 0.6 is 0 Å². The fraction of sp³-hybridized carbons (Fsp3) is 0.375. The van der Waals surface area contributed by atoms with Crippen LogP contribution in [0, 0.1) is 0 Å². The summed E-state index contributed by atoms with van der Waals surface area (Å²) in [5, 5.41) is 2.89. The summed E-state index contributed by atoms with van der Waals surface area (Å²) in [6.07, 6.45) is 8.78. The number of carbonyl (C=O) groups excluding carboxylic acids is 1. The Morgan fingerprint density at radius 1 is 1.06 bits per heavy atom. The van der Waals surface area contributed by atoms with E-state index in [1.165, 1.54) is 18.4 Å². The molecule has 0 aliphatic heterocycles. The summed E-state index contributed by atoms with van der Waals surface area (Å²) < 4.78 is 31.9. The maximum absolute atomic E-state index is 12.7. The zero-order chi connectivity index (χ0) is 22.3. The molecule has 31 heavy (non-hydrogen) atoms. The summed E-state index contributed by atoms with van der Waals surface area (Å²) in [5.41, 5.74) is 1.79. The first-order valence-corrected chi connectivity index (χ1v) is 12.5. The molecule has 1 N–H and O–H groups in total. The van der Waals surface area contributed by atoms with Gasteiger partial charge in [0.1, 0.15) is 17.5 Å². The van der Waals surface area contributed by atoms with E-state index in [9.17, 15) is 13.2 Å². The summed E-state index contributed by atoms with van der Waals surface area (Å²) in [6.45, 7) is 2.11. The number of anilines is 1. The number of allylic oxidation sites excluding steroid dienone is 1. The highest BCUT2D eigenvalue weighted by molar-refractivity contribution is 7.92. The molecule has 0 aromatic heterocycles. The Kier molecular flexibility index (Phi) is 7.74. The smallest absolute Gasteiger partial charge is 0.243 e. The zero-order valence-corrected chi connectivity index (χ0v) is 18.9. The summed E-state index contributed by atoms with van der Waals surface area (Å²) >= 11 is 0. The highest BCUT2D eigenvalue weighted by Gasteiger charge is 2.29. The van der Waals surface area contributed by atoms with E-state index in [2.05, 4.69) is 11.4 Å². The van der Waals surface area contributed by atoms with Gasteiger partial charge in [-0.2, -0.15) is 0 Å². The Morgan fingerprint density at radius 2 is 1.74 bits per heavy atom. The van der Waals surface area contributed by atoms with Crippen molar-refractivity contribution in [1.82, 2.24) is 5.32 Å². The van der Waals surface area contributed by atoms with E-state index in [1.807, 2.05) is 30.3 Å². The summed E-state index contributed by atoms with van der Waals surface area (Å²) in [7, 11) is -3.66. The lowest BCUT2D eigenvalue weighted by atomic mass is 9.97. The Balaban J connectivity index is 1.66. The van der Waals surface area contributed by atoms with Crippen molar-refractivity contribution in [1.29, 1.82) is 0 Å². The standard InChI is InChI=1S/C24H30N2O4S/c1-19(24(27)25-18-17-20-9-5-3-6-10-20)26(31(2,28)29)21-13-15-23(16-14-21)30-22-11-7-4-8-12-22/h4,7-9,11-16,19H,3,5-6,10,17-18H2,1-2H3,(H,25,27)/t19-/m1/s1. The highest BCUT2D eigenvalue weighted by atomic mass is 32.2. The number of hydrogen-bond donors (Lipinski definition) is 1. The van der Waals surface area contributed by atoms with E-state index in [0.717, 1.165) is 29.8 Å². The molecule has 6 nitrogen and oxygen atoms in total. The molecule has 1 aliphatic carbocycles. The van der Waals surface area contributed by atoms with Crippen LogP contribution < -0.4 is 14.4 Å². The lowest BCUT2D eigenvalue weighted by molar-refractivity contribution is -0.121. The van der Waals surface area contributed by atoms with Crippen molar-refractivity contribution in [2.45, 2.75) is 45.1 Å².